The molecule has 0 aromatic heterocycles. The van der Waals surface area contributed by atoms with E-state index in [4.69, 9.17) is 59.8 Å². The van der Waals surface area contributed by atoms with Gasteiger partial charge in [0.05, 0.1) is 46.9 Å². The van der Waals surface area contributed by atoms with E-state index >= 15 is 0 Å². The van der Waals surface area contributed by atoms with E-state index in [0.717, 1.165) is 74.3 Å². The fraction of sp³-hybridized carbons (Fsp3) is 0.197. The molecule has 16 aromatic rings. The van der Waals surface area contributed by atoms with Crippen molar-refractivity contribution in [3.8, 4) is 107 Å². The maximum absolute atomic E-state index is 9.17. The van der Waals surface area contributed by atoms with Crippen LogP contribution in [0.2, 0.25) is 13.1 Å². The number of allylic oxidation sites excluding steroid dienone is 4. The van der Waals surface area contributed by atoms with Gasteiger partial charge in [0, 0.05) is 107 Å². The summed E-state index contributed by atoms with van der Waals surface area (Å²) in [7, 11) is -2.44. The Balaban J connectivity index is 0.000000134. The van der Waals surface area contributed by atoms with Gasteiger partial charge in [-0.15, -0.1) is 23.5 Å². The molecule has 146 heavy (non-hydrogen) atoms. The van der Waals surface area contributed by atoms with Crippen LogP contribution < -0.4 is 44.2 Å². The van der Waals surface area contributed by atoms with Crippen LogP contribution in [0.4, 0.5) is 34.1 Å². The lowest BCUT2D eigenvalue weighted by Gasteiger charge is -2.34. The molecule has 0 N–H and O–H groups in total. The number of hydrogen-bond donors (Lipinski definition) is 0. The highest BCUT2D eigenvalue weighted by Crippen LogP contribution is 2.60. The molecule has 0 bridgehead atoms. The number of benzene rings is 16. The molecule has 0 radical (unpaired) electrons. The molecule has 0 saturated carbocycles. The second-order valence-corrected chi connectivity index (χ2v) is 49.4. The van der Waals surface area contributed by atoms with Crippen LogP contribution in [0.1, 0.15) is 161 Å². The van der Waals surface area contributed by atoms with Crippen LogP contribution in [-0.4, -0.2) is 44.2 Å². The van der Waals surface area contributed by atoms with E-state index in [9.17, 15) is 4.11 Å². The Morgan fingerprint density at radius 1 is 0.342 bits per heavy atom. The summed E-state index contributed by atoms with van der Waals surface area (Å²) < 4.78 is 276. The second kappa shape index (κ2) is 36.6. The average molecular weight is 2020 g/mol. The molecule has 26 rings (SSSR count). The van der Waals surface area contributed by atoms with Crippen molar-refractivity contribution < 1.29 is 54.0 Å². The van der Waals surface area contributed by atoms with Gasteiger partial charge in [-0.1, -0.05) is 304 Å². The van der Waals surface area contributed by atoms with Crippen molar-refractivity contribution in [1.82, 2.24) is 0 Å². The lowest BCUT2D eigenvalue weighted by molar-refractivity contribution is 0.111. The monoisotopic (exact) mass is 2020 g/mol. The van der Waals surface area contributed by atoms with Crippen LogP contribution >= 0.6 is 47.0 Å². The minimum absolute atomic E-state index is 0.00245. The standard InChI is InChI=1S/C46H44OS2Si.C43H37N3O2.C43H37N3S2/c1-9-31-25-27-33(30(4)43(31)34-16-15-23-41-44(34)47-37-19-11-13-22-40(37)50(41,7)8)32-26-24-28(2)42(29(32)3)35-17-14-21-39-45(35)48-38-20-12-10-18-36(38)46(5,6)49-39;2*1-26-23-29(45-37-17-9-10-18-38(37)46-36-16-8-7-15-35(36)44-42(45)46)21-22-30(26)32-24-28(3)33(25-27(32)2)31-13-12-20-40-41(31)47-39-19-11-6-14-34(39)43(4,5)48-40/h10-27H,9H2,1-8H3;2*6-25,35-36H,1-5H3/i2D3,3D3,4D3,9D2;2*1D3,2D3,3D3. The second-order valence-electron chi connectivity index (χ2n) is 39.6. The van der Waals surface area contributed by atoms with Crippen molar-refractivity contribution in [2.45, 2.75) is 198 Å². The lowest BCUT2D eigenvalue weighted by atomic mass is 9.84. The molecule has 0 fully saturated rings. The van der Waals surface area contributed by atoms with Crippen LogP contribution in [0.5, 0.6) is 28.7 Å². The molecule has 0 amide bonds. The third kappa shape index (κ3) is 15.9. The van der Waals surface area contributed by atoms with Crippen molar-refractivity contribution in [2.75, 3.05) is 19.6 Å². The summed E-state index contributed by atoms with van der Waals surface area (Å²) in [4.78, 5) is 23.5. The zero-order chi connectivity index (χ0) is 125. The lowest BCUT2D eigenvalue weighted by Crippen LogP contribution is -2.56. The largest absolute Gasteiger partial charge is 0.479 e. The Kier molecular flexibility index (Phi) is 16.8. The summed E-state index contributed by atoms with van der Waals surface area (Å²) in [6, 6.07) is 89.6. The van der Waals surface area contributed by atoms with Gasteiger partial charge in [-0.25, -0.2) is 9.98 Å². The minimum Gasteiger partial charge on any atom is -0.479 e. The Morgan fingerprint density at radius 2 is 0.760 bits per heavy atom. The van der Waals surface area contributed by atoms with E-state index in [2.05, 4.69) is 80.9 Å². The number of aryl methyl sites for hydroxylation is 8. The van der Waals surface area contributed by atoms with Crippen LogP contribution in [0.25, 0.3) is 77.9 Å². The van der Waals surface area contributed by atoms with Gasteiger partial charge in [-0.2, -0.15) is 0 Å². The first-order valence-corrected chi connectivity index (χ1v) is 54.9. The maximum atomic E-state index is 9.17. The predicted molar refractivity (Wildman–Crippen MR) is 620 cm³/mol. The van der Waals surface area contributed by atoms with Crippen molar-refractivity contribution in [3.05, 3.63) is 424 Å². The molecule has 14 heteroatoms. The number of fused-ring (bicyclic) bond motifs is 18. The molecule has 4 unspecified atom stereocenters. The van der Waals surface area contributed by atoms with Gasteiger partial charge in [-0.3, -0.25) is 9.80 Å². The van der Waals surface area contributed by atoms with Crippen LogP contribution in [0.3, 0.4) is 0 Å². The van der Waals surface area contributed by atoms with Gasteiger partial charge in [-0.05, 0) is 344 Å². The molecule has 16 aromatic carbocycles. The minimum atomic E-state index is -2.95. The Labute approximate surface area is 918 Å². The van der Waals surface area contributed by atoms with Crippen molar-refractivity contribution >= 4 is 112 Å². The zero-order valence-electron chi connectivity index (χ0n) is 110. The number of aliphatic imine (C=N–C) groups is 2. The predicted octanol–water partition coefficient (Wildman–Crippen LogP) is 34.8. The van der Waals surface area contributed by atoms with E-state index in [1.165, 1.54) is 73.3 Å². The number of hydrogen-bond acceptors (Lipinski definition) is 13. The molecule has 722 valence electrons. The quantitative estimate of drug-likeness (QED) is 0.123. The summed E-state index contributed by atoms with van der Waals surface area (Å²) in [5.74, 6) is 3.48. The SMILES string of the molecule is [2H]C([2H])([2H])c1cc(N2C3=NC4C=CC=CC4N3c3ccccc32)ccc1-c1cc(C([2H])([2H])[2H])c(-c2cccc3c2Oc2ccccc2C(C)(C)O3)cc1C([2H])([2H])[2H].[2H]C([2H])([2H])c1cc(N2C3=NC4C=CC=CC4N3c3ccccc32)ccc1-c1cc(C([2H])([2H])[2H])c(-c2cccc3c2Sc2ccccc2C(C)(C)S3)cc1C([2H])([2H])[2H].[2H]C([2H])([2H])c1ccc(-c2ccc(C([2H])([2H])C)c(-c3cccc4c3Oc3ccccc3[Si]4(C)C)c2C([2H])([2H])[2H])c(C([2H])([2H])[2H])c1-c1cccc2c1Sc1ccccc1C(C)(C)S2. The van der Waals surface area contributed by atoms with E-state index in [0.29, 0.717) is 73.4 Å². The van der Waals surface area contributed by atoms with Gasteiger partial charge in [0.2, 0.25) is 11.9 Å². The maximum Gasteiger partial charge on any atom is 0.211 e. The van der Waals surface area contributed by atoms with Gasteiger partial charge >= 0.3 is 0 Å². The molecule has 10 aliphatic rings. The van der Waals surface area contributed by atoms with E-state index in [1.54, 1.807) is 108 Å². The first-order chi connectivity index (χ1) is 82.1. The van der Waals surface area contributed by atoms with Crippen molar-refractivity contribution in [1.29, 1.82) is 0 Å². The molecule has 9 nitrogen and oxygen atoms in total. The number of anilines is 6. The highest BCUT2D eigenvalue weighted by atomic mass is 32.2. The average Bonchev–Trinajstić information content (AvgIpc) is 1.27. The first kappa shape index (κ1) is 66.9. The number of ether oxygens (including phenoxy) is 3. The third-order valence-electron chi connectivity index (χ3n) is 29.1. The highest BCUT2D eigenvalue weighted by Gasteiger charge is 2.48. The number of thioether (sulfide) groups is 2. The number of para-hydroxylation sites is 8. The van der Waals surface area contributed by atoms with Crippen LogP contribution in [0, 0.1) is 61.7 Å². The fourth-order valence-electron chi connectivity index (χ4n) is 22.0. The molecule has 8 aliphatic heterocycles. The molecule has 8 heterocycles. The van der Waals surface area contributed by atoms with Gasteiger partial charge < -0.3 is 24.0 Å². The third-order valence-corrected chi connectivity index (χ3v) is 37.9. The van der Waals surface area contributed by atoms with Gasteiger partial charge in [0.15, 0.2) is 11.5 Å². The van der Waals surface area contributed by atoms with Crippen LogP contribution in [-0.2, 0) is 21.5 Å². The summed E-state index contributed by atoms with van der Waals surface area (Å²) in [5, 5.41) is 1.98. The Bertz CT molecular complexity index is 9250. The first-order valence-electron chi connectivity index (χ1n) is 63.1. The van der Waals surface area contributed by atoms with E-state index in [-0.39, 0.29) is 151 Å². The van der Waals surface area contributed by atoms with Gasteiger partial charge in [0.1, 0.15) is 30.9 Å². The zero-order valence-corrected chi connectivity index (χ0v) is 85.6. The molecule has 0 spiro atoms. The van der Waals surface area contributed by atoms with E-state index < -0.39 is 81.7 Å². The van der Waals surface area contributed by atoms with Crippen molar-refractivity contribution in [2.24, 2.45) is 9.98 Å². The Morgan fingerprint density at radius 3 is 1.32 bits per heavy atom. The Hall–Kier alpha value is -14.0. The summed E-state index contributed by atoms with van der Waals surface area (Å²) in [6.07, 6.45) is 14.1. The molecule has 4 atom stereocenters. The van der Waals surface area contributed by atoms with Crippen LogP contribution in [0.15, 0.2) is 391 Å². The number of guanidine groups is 2. The molecule has 2 aliphatic carbocycles. The molecule has 0 saturated heterocycles. The molecular weight excluding hydrogens is 1870 g/mol. The fourth-order valence-corrected chi connectivity index (χ4v) is 30.4. The topological polar surface area (TPSA) is 65.4 Å². The summed E-state index contributed by atoms with van der Waals surface area (Å²) in [5.41, 5.74) is 7.79. The number of rotatable bonds is 10. The summed E-state index contributed by atoms with van der Waals surface area (Å²) in [6.45, 7) is -6.91. The normalized spacial score (nSPS) is 21.8. The number of nitrogens with zero attached hydrogens (tertiary/aromatic N) is 6. The smallest absolute Gasteiger partial charge is 0.211 e. The van der Waals surface area contributed by atoms with Gasteiger partial charge in [0.25, 0.3) is 0 Å². The molecular formula is C132H118N6O3S4Si. The van der Waals surface area contributed by atoms with Crippen molar-refractivity contribution in [3.63, 3.8) is 0 Å². The van der Waals surface area contributed by atoms with E-state index in [1.807, 2.05) is 218 Å². The summed E-state index contributed by atoms with van der Waals surface area (Å²) >= 11 is 6.29. The highest BCUT2D eigenvalue weighted by molar-refractivity contribution is 8.04.